The molecule has 16 heavy (non-hydrogen) atoms. The Bertz CT molecular complexity index is 241. The minimum Gasteiger partial charge on any atom is -0.468 e. The van der Waals surface area contributed by atoms with E-state index in [9.17, 15) is 4.79 Å². The lowest BCUT2D eigenvalue weighted by molar-refractivity contribution is -0.148. The summed E-state index contributed by atoms with van der Waals surface area (Å²) in [5.41, 5.74) is -0.455. The second-order valence-electron chi connectivity index (χ2n) is 4.67. The molecule has 1 rings (SSSR count). The van der Waals surface area contributed by atoms with Crippen molar-refractivity contribution < 1.29 is 9.53 Å². The Morgan fingerprint density at radius 2 is 2.19 bits per heavy atom. The van der Waals surface area contributed by atoms with Crippen molar-refractivity contribution in [2.45, 2.75) is 45.2 Å². The molecule has 0 heterocycles. The zero-order chi connectivity index (χ0) is 12.2. The quantitative estimate of drug-likeness (QED) is 0.697. The van der Waals surface area contributed by atoms with E-state index in [2.05, 4.69) is 26.1 Å². The van der Waals surface area contributed by atoms with E-state index in [1.165, 1.54) is 7.11 Å². The van der Waals surface area contributed by atoms with Crippen molar-refractivity contribution in [2.24, 2.45) is 5.92 Å². The number of hydrogen-bond donors (Lipinski definition) is 1. The molecule has 0 aromatic carbocycles. The molecule has 0 aliphatic heterocycles. The molecule has 1 aliphatic rings. The van der Waals surface area contributed by atoms with Crippen molar-refractivity contribution >= 4 is 17.7 Å². The number of carbonyl (C=O) groups is 1. The Labute approximate surface area is 103 Å². The molecular formula is C12H23NO2S. The number of carbonyl (C=O) groups excluding carboxylic acids is 1. The van der Waals surface area contributed by atoms with Crippen molar-refractivity contribution in [3.63, 3.8) is 0 Å². The summed E-state index contributed by atoms with van der Waals surface area (Å²) in [5, 5.41) is 3.45. The van der Waals surface area contributed by atoms with Gasteiger partial charge in [-0.05, 0) is 38.4 Å². The molecule has 0 saturated heterocycles. The summed E-state index contributed by atoms with van der Waals surface area (Å²) in [6.07, 6.45) is 2.28. The van der Waals surface area contributed by atoms with Crippen LogP contribution in [0.25, 0.3) is 0 Å². The molecule has 0 aromatic heterocycles. The van der Waals surface area contributed by atoms with Crippen LogP contribution in [0.3, 0.4) is 0 Å². The fourth-order valence-electron chi connectivity index (χ4n) is 2.10. The zero-order valence-corrected chi connectivity index (χ0v) is 11.5. The van der Waals surface area contributed by atoms with E-state index < -0.39 is 5.54 Å². The van der Waals surface area contributed by atoms with Crippen molar-refractivity contribution in [1.82, 2.24) is 5.32 Å². The lowest BCUT2D eigenvalue weighted by Gasteiger charge is -2.34. The molecule has 0 radical (unpaired) electrons. The third kappa shape index (κ3) is 3.14. The van der Waals surface area contributed by atoms with Gasteiger partial charge in [0, 0.05) is 11.8 Å². The van der Waals surface area contributed by atoms with E-state index in [1.54, 1.807) is 11.8 Å². The number of methoxy groups -OCH3 is 1. The van der Waals surface area contributed by atoms with Gasteiger partial charge in [-0.2, -0.15) is 11.8 Å². The smallest absolute Gasteiger partial charge is 0.327 e. The van der Waals surface area contributed by atoms with Gasteiger partial charge in [-0.25, -0.2) is 0 Å². The average Bonchev–Trinajstić information content (AvgIpc) is 3.06. The first-order chi connectivity index (χ1) is 7.56. The Morgan fingerprint density at radius 3 is 2.56 bits per heavy atom. The summed E-state index contributed by atoms with van der Waals surface area (Å²) in [7, 11) is 1.48. The van der Waals surface area contributed by atoms with E-state index in [0.717, 1.165) is 24.3 Å². The van der Waals surface area contributed by atoms with Gasteiger partial charge in [0.25, 0.3) is 0 Å². The highest BCUT2D eigenvalue weighted by atomic mass is 32.2. The maximum absolute atomic E-state index is 12.1. The molecule has 4 heteroatoms. The molecule has 94 valence electrons. The topological polar surface area (TPSA) is 38.3 Å². The fourth-order valence-corrected chi connectivity index (χ4v) is 3.06. The molecule has 0 amide bonds. The molecule has 1 unspecified atom stereocenters. The van der Waals surface area contributed by atoms with Crippen molar-refractivity contribution in [3.8, 4) is 0 Å². The van der Waals surface area contributed by atoms with Crippen LogP contribution in [0.1, 0.15) is 33.6 Å². The Morgan fingerprint density at radius 1 is 1.56 bits per heavy atom. The number of esters is 1. The summed E-state index contributed by atoms with van der Waals surface area (Å²) >= 11 is 1.81. The van der Waals surface area contributed by atoms with Crippen LogP contribution in [0, 0.1) is 5.92 Å². The van der Waals surface area contributed by atoms with Crippen LogP contribution in [0.5, 0.6) is 0 Å². The van der Waals surface area contributed by atoms with Crippen molar-refractivity contribution in [2.75, 3.05) is 18.6 Å². The standard InChI is InChI=1S/C12H23NO2S/c1-5-16-8-12(10-6-7-10,11(14)15-4)13-9(2)3/h9-10,13H,5-8H2,1-4H3. The second kappa shape index (κ2) is 5.92. The van der Waals surface area contributed by atoms with Gasteiger partial charge in [0.2, 0.25) is 0 Å². The average molecular weight is 245 g/mol. The number of ether oxygens (including phenoxy) is 1. The normalized spacial score (nSPS) is 19.6. The Kier molecular flexibility index (Phi) is 5.12. The van der Waals surface area contributed by atoms with E-state index in [1.807, 2.05) is 0 Å². The number of thioether (sulfide) groups is 1. The predicted molar refractivity (Wildman–Crippen MR) is 68.7 cm³/mol. The molecule has 0 bridgehead atoms. The zero-order valence-electron chi connectivity index (χ0n) is 10.7. The first-order valence-corrected chi connectivity index (χ1v) is 7.16. The molecule has 1 fully saturated rings. The largest absolute Gasteiger partial charge is 0.468 e. The maximum atomic E-state index is 12.1. The van der Waals surface area contributed by atoms with Crippen LogP contribution in [0.4, 0.5) is 0 Å². The molecule has 1 N–H and O–H groups in total. The first-order valence-electron chi connectivity index (χ1n) is 6.00. The second-order valence-corrected chi connectivity index (χ2v) is 5.95. The van der Waals surface area contributed by atoms with Crippen molar-refractivity contribution in [1.29, 1.82) is 0 Å². The monoisotopic (exact) mass is 245 g/mol. The number of rotatable bonds is 7. The number of nitrogens with one attached hydrogen (secondary N) is 1. The van der Waals surface area contributed by atoms with E-state index in [0.29, 0.717) is 12.0 Å². The van der Waals surface area contributed by atoms with Crippen LogP contribution in [-0.2, 0) is 9.53 Å². The summed E-state index contributed by atoms with van der Waals surface area (Å²) in [5.74, 6) is 2.22. The molecular weight excluding hydrogens is 222 g/mol. The van der Waals surface area contributed by atoms with Gasteiger partial charge >= 0.3 is 5.97 Å². The summed E-state index contributed by atoms with van der Waals surface area (Å²) in [6, 6.07) is 0.303. The fraction of sp³-hybridized carbons (Fsp3) is 0.917. The lowest BCUT2D eigenvalue weighted by Crippen LogP contribution is -2.59. The van der Waals surface area contributed by atoms with Crippen LogP contribution >= 0.6 is 11.8 Å². The molecule has 1 atom stereocenters. The Balaban J connectivity index is 2.80. The van der Waals surface area contributed by atoms with Gasteiger partial charge in [-0.15, -0.1) is 0 Å². The number of hydrogen-bond acceptors (Lipinski definition) is 4. The molecule has 3 nitrogen and oxygen atoms in total. The Hall–Kier alpha value is -0.220. The summed E-state index contributed by atoms with van der Waals surface area (Å²) < 4.78 is 5.00. The lowest BCUT2D eigenvalue weighted by atomic mass is 9.94. The maximum Gasteiger partial charge on any atom is 0.327 e. The van der Waals surface area contributed by atoms with E-state index in [4.69, 9.17) is 4.74 Å². The van der Waals surface area contributed by atoms with Gasteiger partial charge in [-0.3, -0.25) is 10.1 Å². The molecule has 0 aromatic rings. The van der Waals surface area contributed by atoms with E-state index >= 15 is 0 Å². The van der Waals surface area contributed by atoms with Gasteiger partial charge in [0.05, 0.1) is 7.11 Å². The summed E-state index contributed by atoms with van der Waals surface area (Å²) in [4.78, 5) is 12.1. The molecule has 0 spiro atoms. The minimum absolute atomic E-state index is 0.0929. The third-order valence-electron chi connectivity index (χ3n) is 2.90. The first kappa shape index (κ1) is 13.8. The molecule has 1 aliphatic carbocycles. The van der Waals surface area contributed by atoms with Crippen LogP contribution in [0.15, 0.2) is 0 Å². The van der Waals surface area contributed by atoms with Crippen LogP contribution in [0.2, 0.25) is 0 Å². The van der Waals surface area contributed by atoms with Gasteiger partial charge < -0.3 is 4.74 Å². The SMILES string of the molecule is CCSCC(NC(C)C)(C(=O)OC)C1CC1. The van der Waals surface area contributed by atoms with Crippen molar-refractivity contribution in [3.05, 3.63) is 0 Å². The van der Waals surface area contributed by atoms with E-state index in [-0.39, 0.29) is 5.97 Å². The van der Waals surface area contributed by atoms with Crippen LogP contribution < -0.4 is 5.32 Å². The predicted octanol–water partition coefficient (Wildman–Crippen LogP) is 2.06. The van der Waals surface area contributed by atoms with Crippen LogP contribution in [-0.4, -0.2) is 36.2 Å². The van der Waals surface area contributed by atoms with Gasteiger partial charge in [-0.1, -0.05) is 6.92 Å². The van der Waals surface area contributed by atoms with Gasteiger partial charge in [0.15, 0.2) is 0 Å². The highest BCUT2D eigenvalue weighted by Gasteiger charge is 2.51. The summed E-state index contributed by atoms with van der Waals surface area (Å²) in [6.45, 7) is 6.28. The third-order valence-corrected chi connectivity index (χ3v) is 3.97. The minimum atomic E-state index is -0.455. The molecule has 1 saturated carbocycles. The highest BCUT2D eigenvalue weighted by molar-refractivity contribution is 7.99. The highest BCUT2D eigenvalue weighted by Crippen LogP contribution is 2.42. The van der Waals surface area contributed by atoms with Gasteiger partial charge in [0.1, 0.15) is 5.54 Å².